The standard InChI is InChI=1S/C21H18N6O2S/c1-27-21-17(11-23-27)19(14-6-3-5-13(9-14)12-30(2,28)29)24-20(25-21)15-7-4-8-18-16(15)10-22-26-18/h3-11H,12H2,1-2H3,(H,22,26). The molecule has 0 aliphatic rings. The molecule has 8 nitrogen and oxygen atoms in total. The van der Waals surface area contributed by atoms with Crippen molar-refractivity contribution in [2.75, 3.05) is 6.26 Å². The van der Waals surface area contributed by atoms with Crippen LogP contribution in [0.5, 0.6) is 0 Å². The number of hydrogen-bond acceptors (Lipinski definition) is 6. The molecule has 150 valence electrons. The average molecular weight is 418 g/mol. The third kappa shape index (κ3) is 3.22. The number of nitrogens with zero attached hydrogens (tertiary/aromatic N) is 5. The van der Waals surface area contributed by atoms with Crippen molar-refractivity contribution in [3.63, 3.8) is 0 Å². The molecule has 2 aromatic carbocycles. The fourth-order valence-electron chi connectivity index (χ4n) is 3.64. The summed E-state index contributed by atoms with van der Waals surface area (Å²) in [6.07, 6.45) is 4.72. The van der Waals surface area contributed by atoms with E-state index in [0.29, 0.717) is 22.7 Å². The van der Waals surface area contributed by atoms with Crippen LogP contribution in [0.1, 0.15) is 5.56 Å². The maximum absolute atomic E-state index is 11.8. The van der Waals surface area contributed by atoms with Gasteiger partial charge in [-0.3, -0.25) is 9.78 Å². The first-order valence-corrected chi connectivity index (χ1v) is 11.3. The minimum atomic E-state index is -3.14. The van der Waals surface area contributed by atoms with E-state index in [0.717, 1.165) is 27.4 Å². The smallest absolute Gasteiger partial charge is 0.163 e. The lowest BCUT2D eigenvalue weighted by atomic mass is 10.1. The quantitative estimate of drug-likeness (QED) is 0.481. The van der Waals surface area contributed by atoms with Gasteiger partial charge in [-0.15, -0.1) is 0 Å². The Labute approximate surface area is 172 Å². The molecule has 0 atom stereocenters. The maximum atomic E-state index is 11.8. The van der Waals surface area contributed by atoms with Crippen LogP contribution < -0.4 is 0 Å². The van der Waals surface area contributed by atoms with Gasteiger partial charge in [0.25, 0.3) is 0 Å². The van der Waals surface area contributed by atoms with Gasteiger partial charge in [-0.25, -0.2) is 18.4 Å². The Bertz CT molecular complexity index is 1520. The Morgan fingerprint density at radius 3 is 2.70 bits per heavy atom. The molecule has 0 saturated heterocycles. The molecule has 0 aliphatic heterocycles. The highest BCUT2D eigenvalue weighted by atomic mass is 32.2. The summed E-state index contributed by atoms with van der Waals surface area (Å²) in [5.41, 5.74) is 4.69. The zero-order valence-electron chi connectivity index (χ0n) is 16.4. The first-order valence-electron chi connectivity index (χ1n) is 9.28. The molecule has 0 spiro atoms. The molecule has 5 aromatic rings. The van der Waals surface area contributed by atoms with E-state index in [9.17, 15) is 8.42 Å². The number of fused-ring (bicyclic) bond motifs is 2. The van der Waals surface area contributed by atoms with Crippen molar-refractivity contribution in [2.45, 2.75) is 5.75 Å². The summed E-state index contributed by atoms with van der Waals surface area (Å²) in [6, 6.07) is 13.3. The number of H-pyrrole nitrogens is 1. The molecule has 9 heteroatoms. The number of hydrogen-bond donors (Lipinski definition) is 1. The molecule has 5 rings (SSSR count). The van der Waals surface area contributed by atoms with Crippen LogP contribution in [0.15, 0.2) is 54.9 Å². The topological polar surface area (TPSA) is 106 Å². The molecule has 0 saturated carbocycles. The monoisotopic (exact) mass is 418 g/mol. The normalized spacial score (nSPS) is 12.1. The van der Waals surface area contributed by atoms with Gasteiger partial charge in [0.1, 0.15) is 0 Å². The predicted molar refractivity (Wildman–Crippen MR) is 115 cm³/mol. The minimum absolute atomic E-state index is 0.0245. The Hall–Kier alpha value is -3.59. The fraction of sp³-hybridized carbons (Fsp3) is 0.143. The van der Waals surface area contributed by atoms with Crippen molar-refractivity contribution in [1.82, 2.24) is 29.9 Å². The van der Waals surface area contributed by atoms with E-state index < -0.39 is 9.84 Å². The van der Waals surface area contributed by atoms with Gasteiger partial charge in [-0.1, -0.05) is 30.3 Å². The van der Waals surface area contributed by atoms with Crippen LogP contribution in [-0.4, -0.2) is 44.6 Å². The van der Waals surface area contributed by atoms with Gasteiger partial charge in [0.15, 0.2) is 21.3 Å². The second-order valence-electron chi connectivity index (χ2n) is 7.31. The third-order valence-electron chi connectivity index (χ3n) is 4.95. The first-order chi connectivity index (χ1) is 14.4. The zero-order chi connectivity index (χ0) is 20.9. The number of benzene rings is 2. The Morgan fingerprint density at radius 2 is 1.87 bits per heavy atom. The lowest BCUT2D eigenvalue weighted by Gasteiger charge is -2.09. The van der Waals surface area contributed by atoms with Crippen molar-refractivity contribution in [3.8, 4) is 22.6 Å². The van der Waals surface area contributed by atoms with E-state index in [4.69, 9.17) is 9.97 Å². The highest BCUT2D eigenvalue weighted by molar-refractivity contribution is 7.89. The van der Waals surface area contributed by atoms with Crippen molar-refractivity contribution >= 4 is 31.8 Å². The summed E-state index contributed by atoms with van der Waals surface area (Å²) in [7, 11) is -1.31. The molecule has 0 unspecified atom stereocenters. The van der Waals surface area contributed by atoms with Crippen molar-refractivity contribution < 1.29 is 8.42 Å². The lowest BCUT2D eigenvalue weighted by molar-refractivity contribution is 0.601. The minimum Gasteiger partial charge on any atom is -0.278 e. The molecule has 0 amide bonds. The summed E-state index contributed by atoms with van der Waals surface area (Å²) in [5.74, 6) is 0.533. The van der Waals surface area contributed by atoms with E-state index in [1.807, 2.05) is 43.4 Å². The number of aryl methyl sites for hydroxylation is 1. The highest BCUT2D eigenvalue weighted by Gasteiger charge is 2.17. The van der Waals surface area contributed by atoms with E-state index in [1.165, 1.54) is 6.26 Å². The molecule has 0 aliphatic carbocycles. The maximum Gasteiger partial charge on any atom is 0.163 e. The lowest BCUT2D eigenvalue weighted by Crippen LogP contribution is -2.01. The Morgan fingerprint density at radius 1 is 1.03 bits per heavy atom. The summed E-state index contributed by atoms with van der Waals surface area (Å²) in [4.78, 5) is 9.62. The van der Waals surface area contributed by atoms with Crippen molar-refractivity contribution in [3.05, 3.63) is 60.4 Å². The van der Waals surface area contributed by atoms with E-state index >= 15 is 0 Å². The van der Waals surface area contributed by atoms with Crippen LogP contribution in [-0.2, 0) is 22.6 Å². The van der Waals surface area contributed by atoms with Crippen LogP contribution in [0.2, 0.25) is 0 Å². The van der Waals surface area contributed by atoms with Gasteiger partial charge >= 0.3 is 0 Å². The van der Waals surface area contributed by atoms with E-state index in [1.54, 1.807) is 23.1 Å². The second-order valence-corrected chi connectivity index (χ2v) is 9.45. The van der Waals surface area contributed by atoms with Gasteiger partial charge in [-0.05, 0) is 17.7 Å². The van der Waals surface area contributed by atoms with Crippen LogP contribution in [0.4, 0.5) is 0 Å². The van der Waals surface area contributed by atoms with Crippen LogP contribution in [0.3, 0.4) is 0 Å². The van der Waals surface area contributed by atoms with Crippen LogP contribution in [0.25, 0.3) is 44.6 Å². The third-order valence-corrected chi connectivity index (χ3v) is 5.80. The highest BCUT2D eigenvalue weighted by Crippen LogP contribution is 2.31. The number of rotatable bonds is 4. The van der Waals surface area contributed by atoms with Crippen LogP contribution in [0, 0.1) is 0 Å². The number of nitrogens with one attached hydrogen (secondary N) is 1. The van der Waals surface area contributed by atoms with E-state index in [-0.39, 0.29) is 5.75 Å². The second kappa shape index (κ2) is 6.74. The molecule has 3 heterocycles. The summed E-state index contributed by atoms with van der Waals surface area (Å²) < 4.78 is 25.2. The van der Waals surface area contributed by atoms with Gasteiger partial charge in [0, 0.05) is 29.8 Å². The molecule has 0 fully saturated rings. The molecule has 1 N–H and O–H groups in total. The molecule has 0 radical (unpaired) electrons. The Kier molecular flexibility index (Phi) is 4.14. The number of aromatic nitrogens is 6. The van der Waals surface area contributed by atoms with Gasteiger partial charge in [0.05, 0.1) is 34.7 Å². The molecular weight excluding hydrogens is 400 g/mol. The summed E-state index contributed by atoms with van der Waals surface area (Å²) >= 11 is 0. The SMILES string of the molecule is Cn1ncc2c(-c3cccc(CS(C)(=O)=O)c3)nc(-c3cccc4[nH]ncc34)nc21. The largest absolute Gasteiger partial charge is 0.278 e. The molecular formula is C21H18N6O2S. The first kappa shape index (κ1) is 18.4. The van der Waals surface area contributed by atoms with Crippen molar-refractivity contribution in [2.24, 2.45) is 7.05 Å². The van der Waals surface area contributed by atoms with Gasteiger partial charge in [0.2, 0.25) is 0 Å². The van der Waals surface area contributed by atoms with Crippen LogP contribution >= 0.6 is 0 Å². The molecule has 0 bridgehead atoms. The number of aromatic amines is 1. The predicted octanol–water partition coefficient (Wildman–Crippen LogP) is 3.12. The fourth-order valence-corrected chi connectivity index (χ4v) is 4.42. The summed E-state index contributed by atoms with van der Waals surface area (Å²) in [5, 5.41) is 13.2. The van der Waals surface area contributed by atoms with Gasteiger partial charge < -0.3 is 0 Å². The van der Waals surface area contributed by atoms with Crippen molar-refractivity contribution in [1.29, 1.82) is 0 Å². The molecule has 3 aromatic heterocycles. The average Bonchev–Trinajstić information content (AvgIpc) is 3.33. The summed E-state index contributed by atoms with van der Waals surface area (Å²) in [6.45, 7) is 0. The number of sulfone groups is 1. The van der Waals surface area contributed by atoms with Gasteiger partial charge in [-0.2, -0.15) is 10.2 Å². The molecule has 30 heavy (non-hydrogen) atoms. The van der Waals surface area contributed by atoms with E-state index in [2.05, 4.69) is 15.3 Å². The zero-order valence-corrected chi connectivity index (χ0v) is 17.2. The Balaban J connectivity index is 1.75.